The van der Waals surface area contributed by atoms with E-state index in [1.807, 2.05) is 0 Å². The summed E-state index contributed by atoms with van der Waals surface area (Å²) in [6.45, 7) is 7.21. The van der Waals surface area contributed by atoms with Gasteiger partial charge in [0.2, 0.25) is 0 Å². The molecule has 0 amide bonds. The van der Waals surface area contributed by atoms with Crippen LogP contribution in [0.2, 0.25) is 0 Å². The Labute approximate surface area is 568 Å². The van der Waals surface area contributed by atoms with E-state index in [-0.39, 0.29) is 25.7 Å². The minimum Gasteiger partial charge on any atom is -0.462 e. The van der Waals surface area contributed by atoms with Gasteiger partial charge in [-0.15, -0.1) is 0 Å². The number of aliphatic hydroxyl groups is 1. The Morgan fingerprint density at radius 2 is 0.495 bits per heavy atom. The van der Waals surface area contributed by atoms with Gasteiger partial charge in [0.1, 0.15) is 19.3 Å². The molecular weight excluding hydrogens is 1220 g/mol. The van der Waals surface area contributed by atoms with Crippen LogP contribution in [0.25, 0.3) is 0 Å². The van der Waals surface area contributed by atoms with Crippen molar-refractivity contribution in [2.75, 3.05) is 39.6 Å². The maximum atomic E-state index is 13.1. The molecule has 0 saturated heterocycles. The van der Waals surface area contributed by atoms with Crippen LogP contribution in [-0.2, 0) is 65.4 Å². The number of hydrogen-bond donors (Lipinski definition) is 3. The molecule has 0 aromatic carbocycles. The van der Waals surface area contributed by atoms with E-state index in [1.54, 1.807) is 0 Å². The van der Waals surface area contributed by atoms with Crippen molar-refractivity contribution in [1.29, 1.82) is 0 Å². The fourth-order valence-electron chi connectivity index (χ4n) is 11.4. The Balaban J connectivity index is 5.20. The first kappa shape index (κ1) is 91.1. The molecule has 0 aliphatic heterocycles. The fourth-order valence-corrected chi connectivity index (χ4v) is 12.9. The summed E-state index contributed by atoms with van der Waals surface area (Å²) in [5.74, 6) is -1.40. The molecule has 0 spiro atoms. The standard InChI is InChI=1S/C74H144O17P2/c1-6-9-12-15-18-21-23-25-27-28-29-30-32-34-36-38-44-49-54-59-73(78)90-70(64-85-72(77)58-53-48-43-37-35-33-31-26-24-22-19-16-13-10-7-2)66-89-93(82,83)87-62-68(75)61-86-92(80,81)88-65-69(63-84-71(76)57-52-47-42-20-17-14-11-8-3)91-74(79)60-55-50-45-40-39-41-46-51-56-67(4)5/h67-70,75H,6-66H2,1-5H3,(H,80,81)(H,82,83)/t68-,69+,70+/m0/s1. The van der Waals surface area contributed by atoms with E-state index >= 15 is 0 Å². The van der Waals surface area contributed by atoms with Crippen molar-refractivity contribution >= 4 is 39.5 Å². The minimum atomic E-state index is -4.95. The van der Waals surface area contributed by atoms with Crippen LogP contribution in [0.3, 0.4) is 0 Å². The van der Waals surface area contributed by atoms with Gasteiger partial charge in [-0.2, -0.15) is 0 Å². The summed E-state index contributed by atoms with van der Waals surface area (Å²) in [5.41, 5.74) is 0. The number of ether oxygens (including phenoxy) is 4. The van der Waals surface area contributed by atoms with Crippen molar-refractivity contribution in [2.24, 2.45) is 5.92 Å². The summed E-state index contributed by atoms with van der Waals surface area (Å²) < 4.78 is 68.4. The van der Waals surface area contributed by atoms with Gasteiger partial charge in [-0.3, -0.25) is 37.3 Å². The third kappa shape index (κ3) is 68.4. The lowest BCUT2D eigenvalue weighted by Gasteiger charge is -2.21. The van der Waals surface area contributed by atoms with Crippen LogP contribution in [0.15, 0.2) is 0 Å². The predicted octanol–water partition coefficient (Wildman–Crippen LogP) is 21.7. The number of esters is 4. The number of aliphatic hydroxyl groups excluding tert-OH is 1. The van der Waals surface area contributed by atoms with Gasteiger partial charge in [0.05, 0.1) is 26.4 Å². The maximum Gasteiger partial charge on any atom is 0.472 e. The van der Waals surface area contributed by atoms with E-state index in [0.29, 0.717) is 25.7 Å². The second-order valence-corrected chi connectivity index (χ2v) is 30.1. The van der Waals surface area contributed by atoms with Gasteiger partial charge in [0, 0.05) is 25.7 Å². The van der Waals surface area contributed by atoms with Crippen LogP contribution in [0.1, 0.15) is 388 Å². The summed E-state index contributed by atoms with van der Waals surface area (Å²) in [4.78, 5) is 72.6. The Morgan fingerprint density at radius 1 is 0.290 bits per heavy atom. The van der Waals surface area contributed by atoms with Gasteiger partial charge < -0.3 is 33.8 Å². The zero-order valence-electron chi connectivity index (χ0n) is 60.4. The molecule has 0 aromatic heterocycles. The molecule has 0 fully saturated rings. The Kier molecular flexibility index (Phi) is 65.9. The van der Waals surface area contributed by atoms with Crippen LogP contribution in [0.5, 0.6) is 0 Å². The molecule has 552 valence electrons. The fraction of sp³-hybridized carbons (Fsp3) is 0.946. The van der Waals surface area contributed by atoms with Crippen molar-refractivity contribution in [3.8, 4) is 0 Å². The summed E-state index contributed by atoms with van der Waals surface area (Å²) in [6.07, 6.45) is 55.6. The maximum absolute atomic E-state index is 13.1. The first-order valence-electron chi connectivity index (χ1n) is 38.6. The molecule has 0 radical (unpaired) electrons. The normalized spacial score (nSPS) is 14.0. The molecule has 0 aromatic rings. The smallest absolute Gasteiger partial charge is 0.462 e. The van der Waals surface area contributed by atoms with E-state index in [2.05, 4.69) is 34.6 Å². The molecule has 2 unspecified atom stereocenters. The van der Waals surface area contributed by atoms with Gasteiger partial charge in [-0.25, -0.2) is 9.13 Å². The lowest BCUT2D eigenvalue weighted by molar-refractivity contribution is -0.161. The van der Waals surface area contributed by atoms with Crippen LogP contribution < -0.4 is 0 Å². The zero-order chi connectivity index (χ0) is 68.4. The van der Waals surface area contributed by atoms with Crippen molar-refractivity contribution < 1.29 is 80.2 Å². The van der Waals surface area contributed by atoms with Crippen molar-refractivity contribution in [3.05, 3.63) is 0 Å². The lowest BCUT2D eigenvalue weighted by Crippen LogP contribution is -2.30. The molecule has 3 N–H and O–H groups in total. The molecule has 0 aliphatic rings. The van der Waals surface area contributed by atoms with Gasteiger partial charge in [0.25, 0.3) is 0 Å². The summed E-state index contributed by atoms with van der Waals surface area (Å²) in [6, 6.07) is 0. The van der Waals surface area contributed by atoms with Crippen molar-refractivity contribution in [3.63, 3.8) is 0 Å². The lowest BCUT2D eigenvalue weighted by atomic mass is 10.0. The monoisotopic (exact) mass is 1370 g/mol. The summed E-state index contributed by atoms with van der Waals surface area (Å²) >= 11 is 0. The van der Waals surface area contributed by atoms with E-state index in [1.165, 1.54) is 205 Å². The van der Waals surface area contributed by atoms with Gasteiger partial charge in [0.15, 0.2) is 12.2 Å². The second-order valence-electron chi connectivity index (χ2n) is 27.2. The third-order valence-corrected chi connectivity index (χ3v) is 19.2. The molecule has 0 saturated carbocycles. The highest BCUT2D eigenvalue weighted by Gasteiger charge is 2.30. The highest BCUT2D eigenvalue weighted by Crippen LogP contribution is 2.45. The Morgan fingerprint density at radius 3 is 0.731 bits per heavy atom. The molecule has 93 heavy (non-hydrogen) atoms. The highest BCUT2D eigenvalue weighted by molar-refractivity contribution is 7.47. The molecule has 19 heteroatoms. The Hall–Kier alpha value is -1.94. The van der Waals surface area contributed by atoms with Crippen LogP contribution in [-0.4, -0.2) is 96.7 Å². The van der Waals surface area contributed by atoms with Crippen LogP contribution in [0.4, 0.5) is 0 Å². The quantitative estimate of drug-likeness (QED) is 0.0222. The number of carbonyl (C=O) groups is 4. The van der Waals surface area contributed by atoms with Crippen molar-refractivity contribution in [1.82, 2.24) is 0 Å². The topological polar surface area (TPSA) is 237 Å². The Bertz CT molecular complexity index is 1790. The van der Waals surface area contributed by atoms with E-state index in [4.69, 9.17) is 37.0 Å². The first-order chi connectivity index (χ1) is 45.0. The number of unbranched alkanes of at least 4 members (excludes halogenated alkanes) is 46. The molecule has 5 atom stereocenters. The summed E-state index contributed by atoms with van der Waals surface area (Å²) in [5, 5.41) is 10.6. The largest absolute Gasteiger partial charge is 0.472 e. The first-order valence-corrected chi connectivity index (χ1v) is 41.6. The molecule has 17 nitrogen and oxygen atoms in total. The average molecular weight is 1370 g/mol. The molecule has 0 bridgehead atoms. The second kappa shape index (κ2) is 67.3. The molecule has 0 rings (SSSR count). The minimum absolute atomic E-state index is 0.105. The predicted molar refractivity (Wildman–Crippen MR) is 377 cm³/mol. The SMILES string of the molecule is CCCCCCCCCCCCCCCCCCCCCC(=O)O[C@H](COC(=O)CCCCCCCCCCCCCCCCC)COP(=O)(O)OC[C@@H](O)COP(=O)(O)OC[C@@H](COC(=O)CCCCCCCCCC)OC(=O)CCCCCCCCCCC(C)C. The zero-order valence-corrected chi connectivity index (χ0v) is 62.2. The molecule has 0 aliphatic carbocycles. The van der Waals surface area contributed by atoms with Gasteiger partial charge in [-0.1, -0.05) is 336 Å². The van der Waals surface area contributed by atoms with Crippen LogP contribution >= 0.6 is 15.6 Å². The number of phosphoric ester groups is 2. The average Bonchev–Trinajstić information content (AvgIpc) is 2.12. The van der Waals surface area contributed by atoms with E-state index in [9.17, 15) is 43.2 Å². The molecule has 0 heterocycles. The third-order valence-electron chi connectivity index (χ3n) is 17.3. The summed E-state index contributed by atoms with van der Waals surface area (Å²) in [7, 11) is -9.90. The van der Waals surface area contributed by atoms with Gasteiger partial charge in [-0.05, 0) is 31.6 Å². The number of rotatable bonds is 74. The number of carbonyl (C=O) groups excluding carboxylic acids is 4. The van der Waals surface area contributed by atoms with E-state index < -0.39 is 97.5 Å². The molecular formula is C74H144O17P2. The highest BCUT2D eigenvalue weighted by atomic mass is 31.2. The van der Waals surface area contributed by atoms with Crippen LogP contribution in [0, 0.1) is 5.92 Å². The number of phosphoric acid groups is 2. The van der Waals surface area contributed by atoms with Gasteiger partial charge >= 0.3 is 39.5 Å². The number of hydrogen-bond acceptors (Lipinski definition) is 15. The van der Waals surface area contributed by atoms with Crippen molar-refractivity contribution in [2.45, 2.75) is 406 Å². The van der Waals surface area contributed by atoms with E-state index in [0.717, 1.165) is 102 Å².